The summed E-state index contributed by atoms with van der Waals surface area (Å²) in [5.41, 5.74) is 0.672. The summed E-state index contributed by atoms with van der Waals surface area (Å²) < 4.78 is 6.08. The van der Waals surface area contributed by atoms with Crippen LogP contribution in [0.2, 0.25) is 0 Å². The Balaban J connectivity index is 2.81. The van der Waals surface area contributed by atoms with Crippen LogP contribution < -0.4 is 10.1 Å². The first-order valence-electron chi connectivity index (χ1n) is 5.22. The van der Waals surface area contributed by atoms with Crippen LogP contribution in [0, 0.1) is 3.57 Å². The summed E-state index contributed by atoms with van der Waals surface area (Å²) in [6, 6.07) is 5.62. The predicted molar refractivity (Wildman–Crippen MR) is 72.9 cm³/mol. The number of benzene rings is 1. The number of halogens is 1. The van der Waals surface area contributed by atoms with Gasteiger partial charge in [0, 0.05) is 11.6 Å². The lowest BCUT2D eigenvalue weighted by Gasteiger charge is -2.12. The largest absolute Gasteiger partial charge is 0.496 e. The smallest absolute Gasteiger partial charge is 0.251 e. The highest BCUT2D eigenvalue weighted by atomic mass is 127. The molecule has 1 rings (SSSR count). The van der Waals surface area contributed by atoms with E-state index in [4.69, 9.17) is 4.74 Å². The SMILES string of the molecule is CC[C@@H](C)NC(=O)c1ccc(OC)c(I)c1. The number of hydrogen-bond donors (Lipinski definition) is 1. The van der Waals surface area contributed by atoms with Gasteiger partial charge in [-0.25, -0.2) is 0 Å². The van der Waals surface area contributed by atoms with Crippen molar-refractivity contribution in [1.29, 1.82) is 0 Å². The van der Waals surface area contributed by atoms with Crippen LogP contribution in [0.4, 0.5) is 0 Å². The molecule has 88 valence electrons. The van der Waals surface area contributed by atoms with Gasteiger partial charge in [0.1, 0.15) is 5.75 Å². The van der Waals surface area contributed by atoms with E-state index < -0.39 is 0 Å². The topological polar surface area (TPSA) is 38.3 Å². The lowest BCUT2D eigenvalue weighted by atomic mass is 10.2. The first-order valence-corrected chi connectivity index (χ1v) is 6.30. The maximum atomic E-state index is 11.8. The maximum absolute atomic E-state index is 11.8. The van der Waals surface area contributed by atoms with E-state index in [2.05, 4.69) is 27.9 Å². The Labute approximate surface area is 110 Å². The number of ether oxygens (including phenoxy) is 1. The minimum Gasteiger partial charge on any atom is -0.496 e. The normalized spacial score (nSPS) is 12.0. The number of methoxy groups -OCH3 is 1. The van der Waals surface area contributed by atoms with Crippen molar-refractivity contribution in [2.75, 3.05) is 7.11 Å². The van der Waals surface area contributed by atoms with Crippen molar-refractivity contribution in [3.8, 4) is 5.75 Å². The molecule has 0 heterocycles. The average Bonchev–Trinajstić information content (AvgIpc) is 2.28. The van der Waals surface area contributed by atoms with Crippen LogP contribution in [0.5, 0.6) is 5.75 Å². The Bertz CT molecular complexity index is 379. The van der Waals surface area contributed by atoms with Gasteiger partial charge in [-0.05, 0) is 54.1 Å². The van der Waals surface area contributed by atoms with Crippen molar-refractivity contribution in [2.24, 2.45) is 0 Å². The maximum Gasteiger partial charge on any atom is 0.251 e. The molecule has 0 aliphatic rings. The third kappa shape index (κ3) is 3.37. The molecule has 0 radical (unpaired) electrons. The molecule has 0 saturated carbocycles. The van der Waals surface area contributed by atoms with Gasteiger partial charge in [-0.2, -0.15) is 0 Å². The monoisotopic (exact) mass is 333 g/mol. The first kappa shape index (κ1) is 13.3. The van der Waals surface area contributed by atoms with Crippen LogP contribution in [-0.4, -0.2) is 19.1 Å². The highest BCUT2D eigenvalue weighted by molar-refractivity contribution is 14.1. The minimum absolute atomic E-state index is 0.0325. The zero-order chi connectivity index (χ0) is 12.1. The molecule has 0 unspecified atom stereocenters. The molecule has 1 N–H and O–H groups in total. The number of amides is 1. The molecule has 0 spiro atoms. The minimum atomic E-state index is -0.0325. The Morgan fingerprint density at radius 1 is 1.56 bits per heavy atom. The van der Waals surface area contributed by atoms with E-state index in [-0.39, 0.29) is 11.9 Å². The van der Waals surface area contributed by atoms with Gasteiger partial charge in [-0.15, -0.1) is 0 Å². The fourth-order valence-electron chi connectivity index (χ4n) is 1.22. The van der Waals surface area contributed by atoms with E-state index >= 15 is 0 Å². The zero-order valence-electron chi connectivity index (χ0n) is 9.71. The molecule has 0 aromatic heterocycles. The molecule has 3 nitrogen and oxygen atoms in total. The number of rotatable bonds is 4. The fraction of sp³-hybridized carbons (Fsp3) is 0.417. The number of carbonyl (C=O) groups excluding carboxylic acids is 1. The van der Waals surface area contributed by atoms with Crippen LogP contribution >= 0.6 is 22.6 Å². The summed E-state index contributed by atoms with van der Waals surface area (Å²) in [4.78, 5) is 11.8. The van der Waals surface area contributed by atoms with Gasteiger partial charge in [0.05, 0.1) is 10.7 Å². The second kappa shape index (κ2) is 6.08. The van der Waals surface area contributed by atoms with E-state index in [9.17, 15) is 4.79 Å². The van der Waals surface area contributed by atoms with E-state index in [1.54, 1.807) is 13.2 Å². The van der Waals surface area contributed by atoms with E-state index in [0.29, 0.717) is 5.56 Å². The van der Waals surface area contributed by atoms with Crippen LogP contribution in [0.3, 0.4) is 0 Å². The van der Waals surface area contributed by atoms with Crippen molar-refractivity contribution in [1.82, 2.24) is 5.32 Å². The van der Waals surface area contributed by atoms with Gasteiger partial charge in [-0.3, -0.25) is 4.79 Å². The molecule has 1 atom stereocenters. The zero-order valence-corrected chi connectivity index (χ0v) is 11.9. The highest BCUT2D eigenvalue weighted by Gasteiger charge is 2.10. The molecule has 0 saturated heterocycles. The fourth-order valence-corrected chi connectivity index (χ4v) is 1.95. The summed E-state index contributed by atoms with van der Waals surface area (Å²) in [6.45, 7) is 4.04. The molecule has 0 aliphatic heterocycles. The average molecular weight is 333 g/mol. The Morgan fingerprint density at radius 3 is 2.75 bits per heavy atom. The molecule has 1 amide bonds. The van der Waals surface area contributed by atoms with Gasteiger partial charge in [-0.1, -0.05) is 6.92 Å². The molecular formula is C12H16INO2. The summed E-state index contributed by atoms with van der Waals surface area (Å²) >= 11 is 2.16. The number of nitrogens with one attached hydrogen (secondary N) is 1. The van der Waals surface area contributed by atoms with Crippen molar-refractivity contribution in [3.63, 3.8) is 0 Å². The molecule has 0 fully saturated rings. The van der Waals surface area contributed by atoms with Gasteiger partial charge >= 0.3 is 0 Å². The van der Waals surface area contributed by atoms with Crippen molar-refractivity contribution >= 4 is 28.5 Å². The second-order valence-electron chi connectivity index (χ2n) is 3.63. The summed E-state index contributed by atoms with van der Waals surface area (Å²) in [5.74, 6) is 0.760. The lowest BCUT2D eigenvalue weighted by Crippen LogP contribution is -2.31. The van der Waals surface area contributed by atoms with Crippen molar-refractivity contribution < 1.29 is 9.53 Å². The summed E-state index contributed by atoms with van der Waals surface area (Å²) in [5, 5.41) is 2.93. The van der Waals surface area contributed by atoms with Crippen LogP contribution in [-0.2, 0) is 0 Å². The Kier molecular flexibility index (Phi) is 5.05. The molecule has 16 heavy (non-hydrogen) atoms. The highest BCUT2D eigenvalue weighted by Crippen LogP contribution is 2.21. The third-order valence-corrected chi connectivity index (χ3v) is 3.25. The van der Waals surface area contributed by atoms with Crippen LogP contribution in [0.1, 0.15) is 30.6 Å². The van der Waals surface area contributed by atoms with Crippen molar-refractivity contribution in [3.05, 3.63) is 27.3 Å². The van der Waals surface area contributed by atoms with Gasteiger partial charge in [0.2, 0.25) is 0 Å². The Hall–Kier alpha value is -0.780. The van der Waals surface area contributed by atoms with E-state index in [1.807, 2.05) is 26.0 Å². The number of carbonyl (C=O) groups is 1. The predicted octanol–water partition coefficient (Wildman–Crippen LogP) is 2.83. The molecule has 0 bridgehead atoms. The van der Waals surface area contributed by atoms with E-state index in [1.165, 1.54) is 0 Å². The van der Waals surface area contributed by atoms with Gasteiger partial charge in [0.15, 0.2) is 0 Å². The molecule has 4 heteroatoms. The lowest BCUT2D eigenvalue weighted by molar-refractivity contribution is 0.0939. The van der Waals surface area contributed by atoms with Gasteiger partial charge in [0.25, 0.3) is 5.91 Å². The molecular weight excluding hydrogens is 317 g/mol. The van der Waals surface area contributed by atoms with E-state index in [0.717, 1.165) is 15.7 Å². The summed E-state index contributed by atoms with van der Waals surface area (Å²) in [6.07, 6.45) is 0.930. The third-order valence-electron chi connectivity index (χ3n) is 2.40. The number of hydrogen-bond acceptors (Lipinski definition) is 2. The first-order chi connectivity index (χ1) is 7.58. The van der Waals surface area contributed by atoms with Gasteiger partial charge < -0.3 is 10.1 Å². The summed E-state index contributed by atoms with van der Waals surface area (Å²) in [7, 11) is 1.62. The molecule has 1 aromatic rings. The second-order valence-corrected chi connectivity index (χ2v) is 4.79. The molecule has 0 aliphatic carbocycles. The van der Waals surface area contributed by atoms with Crippen LogP contribution in [0.15, 0.2) is 18.2 Å². The molecule has 1 aromatic carbocycles. The standard InChI is InChI=1S/C12H16INO2/c1-4-8(2)14-12(15)9-5-6-11(16-3)10(13)7-9/h5-8H,4H2,1-3H3,(H,14,15)/t8-/m1/s1. The quantitative estimate of drug-likeness (QED) is 0.861. The Morgan fingerprint density at radius 2 is 2.25 bits per heavy atom. The van der Waals surface area contributed by atoms with Crippen LogP contribution in [0.25, 0.3) is 0 Å². The van der Waals surface area contributed by atoms with Crippen molar-refractivity contribution in [2.45, 2.75) is 26.3 Å².